The van der Waals surface area contributed by atoms with Gasteiger partial charge in [-0.1, -0.05) is 0 Å². The second-order valence-corrected chi connectivity index (χ2v) is 8.44. The van der Waals surface area contributed by atoms with Crippen molar-refractivity contribution < 1.29 is 28.6 Å². The van der Waals surface area contributed by atoms with Gasteiger partial charge in [0.05, 0.1) is 20.0 Å². The van der Waals surface area contributed by atoms with Gasteiger partial charge in [0, 0.05) is 11.3 Å². The van der Waals surface area contributed by atoms with Crippen LogP contribution in [-0.4, -0.2) is 49.5 Å². The molecule has 1 atom stereocenters. The number of imide groups is 1. The van der Waals surface area contributed by atoms with Crippen LogP contribution < -0.4 is 20.1 Å². The van der Waals surface area contributed by atoms with Gasteiger partial charge in [0.25, 0.3) is 5.91 Å². The molecule has 29 heavy (non-hydrogen) atoms. The molecule has 0 radical (unpaired) electrons. The number of carbonyl (C=O) groups is 3. The summed E-state index contributed by atoms with van der Waals surface area (Å²) in [6, 6.07) is 3.11. The van der Waals surface area contributed by atoms with Crippen LogP contribution in [0.1, 0.15) is 38.8 Å². The number of aryl methyl sites for hydroxylation is 1. The molecule has 0 bridgehead atoms. The Hall–Kier alpha value is -2.42. The molecule has 162 valence electrons. The molecule has 1 aromatic rings. The van der Waals surface area contributed by atoms with E-state index in [1.165, 1.54) is 18.7 Å². The highest BCUT2D eigenvalue weighted by molar-refractivity contribution is 7.99. The highest BCUT2D eigenvalue weighted by Gasteiger charge is 2.22. The first-order valence-electron chi connectivity index (χ1n) is 9.08. The summed E-state index contributed by atoms with van der Waals surface area (Å²) < 4.78 is 15.7. The van der Waals surface area contributed by atoms with Crippen molar-refractivity contribution in [1.82, 2.24) is 10.6 Å². The molecule has 0 saturated heterocycles. The van der Waals surface area contributed by atoms with Crippen molar-refractivity contribution >= 4 is 29.7 Å². The summed E-state index contributed by atoms with van der Waals surface area (Å²) in [4.78, 5) is 35.7. The highest BCUT2D eigenvalue weighted by atomic mass is 32.2. The Kier molecular flexibility index (Phi) is 9.29. The molecule has 2 N–H and O–H groups in total. The van der Waals surface area contributed by atoms with Gasteiger partial charge in [0.15, 0.2) is 17.6 Å². The molecule has 3 amide bonds. The van der Waals surface area contributed by atoms with Crippen molar-refractivity contribution in [1.29, 1.82) is 0 Å². The Morgan fingerprint density at radius 1 is 1.10 bits per heavy atom. The molecule has 0 aliphatic heterocycles. The standard InChI is InChI=1S/C20H30N2O6S/c1-12-8-15(26-6)16(27-7)9-14(12)10-29-11-17(23)28-13(2)18(24)21-19(25)22-20(3,4)5/h8-9,13H,10-11H2,1-7H3,(H2,21,22,24,25)/t13-/m0/s1. The minimum atomic E-state index is -1.07. The Labute approximate surface area is 176 Å². The molecule has 1 rings (SSSR count). The lowest BCUT2D eigenvalue weighted by atomic mass is 10.1. The van der Waals surface area contributed by atoms with Gasteiger partial charge in [-0.3, -0.25) is 14.9 Å². The van der Waals surface area contributed by atoms with Gasteiger partial charge in [-0.2, -0.15) is 0 Å². The topological polar surface area (TPSA) is 103 Å². The van der Waals surface area contributed by atoms with Crippen molar-refractivity contribution in [2.24, 2.45) is 0 Å². The van der Waals surface area contributed by atoms with Crippen LogP contribution in [0.5, 0.6) is 11.5 Å². The smallest absolute Gasteiger partial charge is 0.321 e. The zero-order chi connectivity index (χ0) is 22.2. The molecule has 0 saturated carbocycles. The highest BCUT2D eigenvalue weighted by Crippen LogP contribution is 2.31. The number of hydrogen-bond donors (Lipinski definition) is 2. The number of urea groups is 1. The number of esters is 1. The average Bonchev–Trinajstić information content (AvgIpc) is 2.60. The summed E-state index contributed by atoms with van der Waals surface area (Å²) in [5.74, 6) is 0.687. The summed E-state index contributed by atoms with van der Waals surface area (Å²) in [6.07, 6.45) is -1.07. The second-order valence-electron chi connectivity index (χ2n) is 7.45. The Balaban J connectivity index is 2.49. The van der Waals surface area contributed by atoms with Gasteiger partial charge in [0.1, 0.15) is 0 Å². The zero-order valence-electron chi connectivity index (χ0n) is 18.0. The number of thioether (sulfide) groups is 1. The maximum absolute atomic E-state index is 12.0. The Bertz CT molecular complexity index is 745. The van der Waals surface area contributed by atoms with Crippen molar-refractivity contribution in [3.63, 3.8) is 0 Å². The Morgan fingerprint density at radius 2 is 1.69 bits per heavy atom. The van der Waals surface area contributed by atoms with Crippen molar-refractivity contribution in [2.45, 2.75) is 52.0 Å². The summed E-state index contributed by atoms with van der Waals surface area (Å²) >= 11 is 1.35. The first-order chi connectivity index (χ1) is 13.5. The molecular formula is C20H30N2O6S. The van der Waals surface area contributed by atoms with E-state index in [4.69, 9.17) is 14.2 Å². The summed E-state index contributed by atoms with van der Waals surface area (Å²) in [6.45, 7) is 8.74. The van der Waals surface area contributed by atoms with Crippen LogP contribution in [0.4, 0.5) is 4.79 Å². The van der Waals surface area contributed by atoms with Crippen LogP contribution >= 0.6 is 11.8 Å². The van der Waals surface area contributed by atoms with Crippen LogP contribution in [0, 0.1) is 6.92 Å². The molecule has 0 unspecified atom stereocenters. The number of benzene rings is 1. The van der Waals surface area contributed by atoms with Gasteiger partial charge < -0.3 is 19.5 Å². The molecule has 0 fully saturated rings. The van der Waals surface area contributed by atoms with Gasteiger partial charge in [0.2, 0.25) is 0 Å². The number of methoxy groups -OCH3 is 2. The summed E-state index contributed by atoms with van der Waals surface area (Å²) in [5.41, 5.74) is 1.54. The predicted molar refractivity (Wildman–Crippen MR) is 112 cm³/mol. The molecule has 0 aliphatic rings. The lowest BCUT2D eigenvalue weighted by molar-refractivity contribution is -0.151. The van der Waals surface area contributed by atoms with E-state index >= 15 is 0 Å². The molecular weight excluding hydrogens is 396 g/mol. The normalized spacial score (nSPS) is 12.0. The number of nitrogens with one attached hydrogen (secondary N) is 2. The van der Waals surface area contributed by atoms with Crippen LogP contribution in [0.3, 0.4) is 0 Å². The number of carbonyl (C=O) groups excluding carboxylic acids is 3. The predicted octanol–water partition coefficient (Wildman–Crippen LogP) is 2.80. The van der Waals surface area contributed by atoms with Crippen molar-refractivity contribution in [2.75, 3.05) is 20.0 Å². The fourth-order valence-electron chi connectivity index (χ4n) is 2.29. The molecule has 0 heterocycles. The molecule has 0 aromatic heterocycles. The lowest BCUT2D eigenvalue weighted by Crippen LogP contribution is -2.50. The summed E-state index contributed by atoms with van der Waals surface area (Å²) in [7, 11) is 3.14. The zero-order valence-corrected chi connectivity index (χ0v) is 18.8. The Morgan fingerprint density at radius 3 is 2.24 bits per heavy atom. The third kappa shape index (κ3) is 8.64. The van der Waals surface area contributed by atoms with Gasteiger partial charge in [-0.25, -0.2) is 4.79 Å². The fourth-order valence-corrected chi connectivity index (χ4v) is 3.16. The van der Waals surface area contributed by atoms with Gasteiger partial charge >= 0.3 is 12.0 Å². The third-order valence-corrected chi connectivity index (χ3v) is 4.68. The van der Waals surface area contributed by atoms with E-state index in [0.717, 1.165) is 11.1 Å². The number of amides is 3. The minimum absolute atomic E-state index is 0.0690. The second kappa shape index (κ2) is 10.9. The van der Waals surface area contributed by atoms with E-state index in [-0.39, 0.29) is 5.75 Å². The number of rotatable bonds is 8. The number of hydrogen-bond acceptors (Lipinski definition) is 7. The maximum atomic E-state index is 12.0. The molecule has 0 aliphatic carbocycles. The van der Waals surface area contributed by atoms with Crippen molar-refractivity contribution in [3.8, 4) is 11.5 Å². The van der Waals surface area contributed by atoms with E-state index in [1.54, 1.807) is 35.0 Å². The van der Waals surface area contributed by atoms with Crippen molar-refractivity contribution in [3.05, 3.63) is 23.3 Å². The molecule has 9 heteroatoms. The fraction of sp³-hybridized carbons (Fsp3) is 0.550. The quantitative estimate of drug-likeness (QED) is 0.616. The van der Waals surface area contributed by atoms with Crippen LogP contribution in [0.2, 0.25) is 0 Å². The molecule has 8 nitrogen and oxygen atoms in total. The van der Waals surface area contributed by atoms with E-state index < -0.39 is 29.6 Å². The average molecular weight is 427 g/mol. The summed E-state index contributed by atoms with van der Waals surface area (Å²) in [5, 5.41) is 4.75. The van der Waals surface area contributed by atoms with Gasteiger partial charge in [-0.15, -0.1) is 11.8 Å². The van der Waals surface area contributed by atoms with Crippen LogP contribution in [0.25, 0.3) is 0 Å². The largest absolute Gasteiger partial charge is 0.493 e. The van der Waals surface area contributed by atoms with Gasteiger partial charge in [-0.05, 0) is 57.9 Å². The first-order valence-corrected chi connectivity index (χ1v) is 10.2. The number of ether oxygens (including phenoxy) is 3. The van der Waals surface area contributed by atoms with E-state index in [1.807, 2.05) is 19.1 Å². The molecule has 0 spiro atoms. The van der Waals surface area contributed by atoms with E-state index in [0.29, 0.717) is 17.3 Å². The van der Waals surface area contributed by atoms with Crippen LogP contribution in [0.15, 0.2) is 12.1 Å². The third-order valence-electron chi connectivity index (χ3n) is 3.72. The SMILES string of the molecule is COc1cc(C)c(CSCC(=O)O[C@@H](C)C(=O)NC(=O)NC(C)(C)C)cc1OC. The maximum Gasteiger partial charge on any atom is 0.321 e. The first kappa shape index (κ1) is 24.6. The van der Waals surface area contributed by atoms with E-state index in [2.05, 4.69) is 10.6 Å². The van der Waals surface area contributed by atoms with E-state index in [9.17, 15) is 14.4 Å². The monoisotopic (exact) mass is 426 g/mol. The van der Waals surface area contributed by atoms with Crippen LogP contribution in [-0.2, 0) is 20.1 Å². The minimum Gasteiger partial charge on any atom is -0.493 e. The lowest BCUT2D eigenvalue weighted by Gasteiger charge is -2.21. The molecule has 1 aromatic carbocycles.